The van der Waals surface area contributed by atoms with E-state index in [0.29, 0.717) is 0 Å². The van der Waals surface area contributed by atoms with E-state index in [2.05, 4.69) is 76.2 Å². The van der Waals surface area contributed by atoms with Gasteiger partial charge in [0.2, 0.25) is 0 Å². The minimum Gasteiger partial charge on any atom is -1.00 e. The molecule has 0 N–H and O–H groups in total. The van der Waals surface area contributed by atoms with Crippen LogP contribution in [-0.2, 0) is 39.0 Å². The molecule has 3 heteroatoms. The second kappa shape index (κ2) is 9.55. The molecule has 0 saturated carbocycles. The summed E-state index contributed by atoms with van der Waals surface area (Å²) in [5.41, 5.74) is 8.49. The molecule has 138 valence electrons. The predicted octanol–water partition coefficient (Wildman–Crippen LogP) is 0.455. The first-order valence-corrected chi connectivity index (χ1v) is 8.84. The monoisotopic (exact) mass is 472 g/mol. The minimum absolute atomic E-state index is 0. The molecule has 0 spiro atoms. The van der Waals surface area contributed by atoms with E-state index in [9.17, 15) is 0 Å². The van der Waals surface area contributed by atoms with Gasteiger partial charge in [-0.15, -0.1) is 68.1 Å². The van der Waals surface area contributed by atoms with Crippen molar-refractivity contribution < 1.29 is 51.0 Å². The average Bonchev–Trinajstić information content (AvgIpc) is 3.18. The van der Waals surface area contributed by atoms with E-state index in [0.717, 1.165) is 12.8 Å². The van der Waals surface area contributed by atoms with Crippen molar-refractivity contribution in [3.63, 3.8) is 0 Å². The molecular weight excluding hydrogens is 450 g/mol. The van der Waals surface area contributed by atoms with Gasteiger partial charge in [0.05, 0.1) is 0 Å². The van der Waals surface area contributed by atoms with E-state index in [4.69, 9.17) is 0 Å². The van der Waals surface area contributed by atoms with Gasteiger partial charge in [0, 0.05) is 0 Å². The fourth-order valence-corrected chi connectivity index (χ4v) is 4.02. The summed E-state index contributed by atoms with van der Waals surface area (Å²) < 4.78 is 0. The van der Waals surface area contributed by atoms with Crippen LogP contribution in [0.1, 0.15) is 33.4 Å². The number of benzene rings is 2. The Labute approximate surface area is 194 Å². The smallest absolute Gasteiger partial charge is 1.00 e. The molecule has 0 aromatic heterocycles. The van der Waals surface area contributed by atoms with Crippen LogP contribution < -0.4 is 24.8 Å². The van der Waals surface area contributed by atoms with Gasteiger partial charge in [-0.2, -0.15) is 12.1 Å². The normalized spacial score (nSPS) is 10.4. The molecule has 0 radical (unpaired) electrons. The second-order valence-electron chi connectivity index (χ2n) is 7.24. The third-order valence-electron chi connectivity index (χ3n) is 5.51. The van der Waals surface area contributed by atoms with Crippen LogP contribution in [0.5, 0.6) is 0 Å². The van der Waals surface area contributed by atoms with E-state index in [1.165, 1.54) is 54.9 Å². The van der Waals surface area contributed by atoms with Crippen LogP contribution in [0.25, 0.3) is 21.5 Å². The van der Waals surface area contributed by atoms with Crippen LogP contribution in [0, 0.1) is 27.7 Å². The SMILES string of the molecule is Cc1ccc(C)c2[cH-]c(CC[c-]3ccc4c(C)ccc(C)c43)cc12.[Cl-].[Cl-].[Zr+4]. The molecule has 0 nitrogen and oxygen atoms in total. The standard InChI is InChI=1S/C24H24.2ClH.Zr/c1-15-7-8-18(4)24-20(11-12-21(15)24)10-9-19-13-22-16(2)5-6-17(3)23(22)14-19;;;/h5-8,11-14H,9-10H2,1-4H3;2*1H;/q-2;;;+4/p-2. The molecule has 4 aromatic rings. The molecule has 4 rings (SSSR count). The summed E-state index contributed by atoms with van der Waals surface area (Å²) in [5, 5.41) is 5.73. The number of rotatable bonds is 3. The quantitative estimate of drug-likeness (QED) is 0.379. The summed E-state index contributed by atoms with van der Waals surface area (Å²) in [7, 11) is 0. The van der Waals surface area contributed by atoms with Crippen LogP contribution in [0.15, 0.2) is 48.5 Å². The summed E-state index contributed by atoms with van der Waals surface area (Å²) >= 11 is 0. The molecule has 0 bridgehead atoms. The van der Waals surface area contributed by atoms with Crippen molar-refractivity contribution in [2.45, 2.75) is 40.5 Å². The second-order valence-corrected chi connectivity index (χ2v) is 7.24. The number of hydrogen-bond acceptors (Lipinski definition) is 0. The molecule has 4 aromatic carbocycles. The zero-order chi connectivity index (χ0) is 16.8. The van der Waals surface area contributed by atoms with Crippen molar-refractivity contribution in [1.82, 2.24) is 0 Å². The predicted molar refractivity (Wildman–Crippen MR) is 105 cm³/mol. The fraction of sp³-hybridized carbons (Fsp3) is 0.250. The Hall–Kier alpha value is -0.877. The molecule has 0 unspecified atom stereocenters. The molecular formula is C24H24Cl2Zr. The van der Waals surface area contributed by atoms with Gasteiger partial charge >= 0.3 is 26.2 Å². The van der Waals surface area contributed by atoms with Crippen molar-refractivity contribution >= 4 is 21.5 Å². The van der Waals surface area contributed by atoms with Crippen LogP contribution in [-0.4, -0.2) is 0 Å². The van der Waals surface area contributed by atoms with E-state index in [1.807, 2.05) is 0 Å². The first kappa shape index (κ1) is 24.2. The Balaban J connectivity index is 0.00000121. The van der Waals surface area contributed by atoms with Crippen LogP contribution in [0.3, 0.4) is 0 Å². The average molecular weight is 475 g/mol. The molecule has 27 heavy (non-hydrogen) atoms. The molecule has 0 saturated heterocycles. The van der Waals surface area contributed by atoms with Gasteiger partial charge in [0.1, 0.15) is 0 Å². The van der Waals surface area contributed by atoms with Crippen molar-refractivity contribution in [1.29, 1.82) is 0 Å². The summed E-state index contributed by atoms with van der Waals surface area (Å²) in [5.74, 6) is 0. The number of hydrogen-bond donors (Lipinski definition) is 0. The third kappa shape index (κ3) is 4.42. The van der Waals surface area contributed by atoms with E-state index >= 15 is 0 Å². The van der Waals surface area contributed by atoms with E-state index < -0.39 is 0 Å². The van der Waals surface area contributed by atoms with Gasteiger partial charge < -0.3 is 24.8 Å². The van der Waals surface area contributed by atoms with E-state index in [1.54, 1.807) is 0 Å². The Morgan fingerprint density at radius 1 is 0.778 bits per heavy atom. The van der Waals surface area contributed by atoms with Crippen molar-refractivity contribution in [2.75, 3.05) is 0 Å². The van der Waals surface area contributed by atoms with Crippen molar-refractivity contribution in [3.05, 3.63) is 81.9 Å². The summed E-state index contributed by atoms with van der Waals surface area (Å²) in [6.45, 7) is 8.86. The maximum absolute atomic E-state index is 2.39. The first-order valence-electron chi connectivity index (χ1n) is 8.84. The first-order chi connectivity index (χ1) is 11.5. The molecule has 0 aliphatic rings. The summed E-state index contributed by atoms with van der Waals surface area (Å²) in [6.07, 6.45) is 2.22. The number of halogens is 2. The van der Waals surface area contributed by atoms with Crippen molar-refractivity contribution in [3.8, 4) is 0 Å². The van der Waals surface area contributed by atoms with Gasteiger partial charge in [-0.3, -0.25) is 0 Å². The van der Waals surface area contributed by atoms with E-state index in [-0.39, 0.29) is 51.0 Å². The minimum atomic E-state index is 0. The van der Waals surface area contributed by atoms with Crippen LogP contribution >= 0.6 is 0 Å². The maximum Gasteiger partial charge on any atom is 4.00 e. The number of fused-ring (bicyclic) bond motifs is 2. The van der Waals surface area contributed by atoms with Crippen molar-refractivity contribution in [2.24, 2.45) is 0 Å². The molecule has 0 atom stereocenters. The van der Waals surface area contributed by atoms with Gasteiger partial charge in [-0.25, -0.2) is 0 Å². The molecule has 0 heterocycles. The zero-order valence-corrected chi connectivity index (χ0v) is 20.3. The molecule has 0 aliphatic carbocycles. The zero-order valence-electron chi connectivity index (χ0n) is 16.3. The Morgan fingerprint density at radius 2 is 1.37 bits per heavy atom. The third-order valence-corrected chi connectivity index (χ3v) is 5.51. The summed E-state index contributed by atoms with van der Waals surface area (Å²) in [4.78, 5) is 0. The molecule has 0 aliphatic heterocycles. The largest absolute Gasteiger partial charge is 4.00 e. The maximum atomic E-state index is 2.39. The number of aryl methyl sites for hydroxylation is 6. The Bertz CT molecular complexity index is 1010. The molecule has 0 fully saturated rings. The Morgan fingerprint density at radius 3 is 2.04 bits per heavy atom. The van der Waals surface area contributed by atoms with Gasteiger partial charge in [-0.05, 0) is 20.3 Å². The van der Waals surface area contributed by atoms with Gasteiger partial charge in [0.15, 0.2) is 0 Å². The van der Waals surface area contributed by atoms with Crippen LogP contribution in [0.2, 0.25) is 0 Å². The van der Waals surface area contributed by atoms with Gasteiger partial charge in [0.25, 0.3) is 0 Å². The molecule has 0 amide bonds. The van der Waals surface area contributed by atoms with Gasteiger partial charge in [-0.1, -0.05) is 43.5 Å². The van der Waals surface area contributed by atoms with Crippen LogP contribution in [0.4, 0.5) is 0 Å². The topological polar surface area (TPSA) is 0 Å². The Kier molecular flexibility index (Phi) is 8.55. The summed E-state index contributed by atoms with van der Waals surface area (Å²) in [6, 6.07) is 18.4. The fourth-order valence-electron chi connectivity index (χ4n) is 4.02.